The molecule has 0 aromatic heterocycles. The van der Waals surface area contributed by atoms with Crippen molar-refractivity contribution in [1.82, 2.24) is 0 Å². The number of allylic oxidation sites excluding steroid dienone is 2. The van der Waals surface area contributed by atoms with Crippen LogP contribution in [0.25, 0.3) is 0 Å². The average Bonchev–Trinajstić information content (AvgIpc) is 3.57. The number of para-hydroxylation sites is 1. The molecule has 1 aromatic carbocycles. The highest BCUT2D eigenvalue weighted by molar-refractivity contribution is 5.33. The molecule has 0 amide bonds. The van der Waals surface area contributed by atoms with Gasteiger partial charge in [-0.05, 0) is 50.2 Å². The summed E-state index contributed by atoms with van der Waals surface area (Å²) in [5, 5.41) is 0. The number of benzene rings is 1. The van der Waals surface area contributed by atoms with Gasteiger partial charge in [-0.2, -0.15) is 0 Å². The Balaban J connectivity index is 1.37. The molecule has 0 saturated carbocycles. The third-order valence-electron chi connectivity index (χ3n) is 5.76. The van der Waals surface area contributed by atoms with Gasteiger partial charge in [0.2, 0.25) is 0 Å². The van der Waals surface area contributed by atoms with E-state index in [4.69, 9.17) is 9.47 Å². The van der Waals surface area contributed by atoms with Crippen molar-refractivity contribution in [2.45, 2.75) is 109 Å². The van der Waals surface area contributed by atoms with Crippen LogP contribution < -0.4 is 4.74 Å². The number of unbranched alkanes of at least 4 members (excludes halogenated alkanes) is 12. The van der Waals surface area contributed by atoms with Gasteiger partial charge in [-0.25, -0.2) is 0 Å². The Hall–Kier alpha value is -1.28. The minimum absolute atomic E-state index is 0.328. The summed E-state index contributed by atoms with van der Waals surface area (Å²) in [6.45, 7) is 3.84. The van der Waals surface area contributed by atoms with Crippen LogP contribution in [0, 0.1) is 0 Å². The molecule has 1 aromatic rings. The van der Waals surface area contributed by atoms with E-state index in [1.165, 1.54) is 95.5 Å². The Kier molecular flexibility index (Phi) is 13.7. The maximum Gasteiger partial charge on any atom is 0.122 e. The van der Waals surface area contributed by atoms with Crippen molar-refractivity contribution in [3.05, 3.63) is 42.0 Å². The first-order valence-corrected chi connectivity index (χ1v) is 12.4. The lowest BCUT2D eigenvalue weighted by molar-refractivity contribution is 0.261. The molecular formula is C27H44O2. The Labute approximate surface area is 180 Å². The number of rotatable bonds is 19. The first kappa shape index (κ1) is 24.0. The van der Waals surface area contributed by atoms with Crippen molar-refractivity contribution in [3.63, 3.8) is 0 Å². The molecule has 2 nitrogen and oxygen atoms in total. The van der Waals surface area contributed by atoms with Gasteiger partial charge in [-0.1, -0.05) is 95.1 Å². The summed E-state index contributed by atoms with van der Waals surface area (Å²) >= 11 is 0. The molecule has 164 valence electrons. The molecule has 0 bridgehead atoms. The van der Waals surface area contributed by atoms with Crippen LogP contribution in [0.3, 0.4) is 0 Å². The highest BCUT2D eigenvalue weighted by Gasteiger charge is 2.23. The molecule has 29 heavy (non-hydrogen) atoms. The van der Waals surface area contributed by atoms with E-state index in [2.05, 4.69) is 43.3 Å². The van der Waals surface area contributed by atoms with Crippen molar-refractivity contribution in [2.24, 2.45) is 0 Å². The van der Waals surface area contributed by atoms with E-state index in [9.17, 15) is 0 Å². The van der Waals surface area contributed by atoms with Gasteiger partial charge in [0, 0.05) is 0 Å². The van der Waals surface area contributed by atoms with E-state index in [0.29, 0.717) is 12.7 Å². The second-order valence-corrected chi connectivity index (χ2v) is 8.56. The van der Waals surface area contributed by atoms with Gasteiger partial charge >= 0.3 is 0 Å². The largest absolute Gasteiger partial charge is 0.491 e. The van der Waals surface area contributed by atoms with E-state index >= 15 is 0 Å². The van der Waals surface area contributed by atoms with Crippen LogP contribution in [-0.4, -0.2) is 19.3 Å². The molecule has 1 aliphatic rings. The molecule has 0 radical (unpaired) electrons. The van der Waals surface area contributed by atoms with Crippen LogP contribution >= 0.6 is 0 Å². The quantitative estimate of drug-likeness (QED) is 0.133. The number of hydrogen-bond acceptors (Lipinski definition) is 2. The van der Waals surface area contributed by atoms with Gasteiger partial charge in [0.05, 0.1) is 6.61 Å². The van der Waals surface area contributed by atoms with E-state index in [0.717, 1.165) is 18.8 Å². The maximum atomic E-state index is 5.91. The maximum absolute atomic E-state index is 5.91. The molecule has 1 heterocycles. The fourth-order valence-electron chi connectivity index (χ4n) is 3.76. The zero-order chi connectivity index (χ0) is 20.4. The summed E-state index contributed by atoms with van der Waals surface area (Å²) in [5.74, 6) is 1.05. The van der Waals surface area contributed by atoms with Gasteiger partial charge in [-0.15, -0.1) is 0 Å². The molecule has 0 N–H and O–H groups in total. The fraction of sp³-hybridized carbons (Fsp3) is 0.704. The summed E-state index contributed by atoms with van der Waals surface area (Å²) in [6, 6.07) is 8.50. The third kappa shape index (κ3) is 12.8. The van der Waals surface area contributed by atoms with Crippen molar-refractivity contribution >= 4 is 0 Å². The summed E-state index contributed by atoms with van der Waals surface area (Å²) < 4.78 is 11.1. The van der Waals surface area contributed by atoms with Crippen molar-refractivity contribution < 1.29 is 9.47 Å². The molecule has 1 unspecified atom stereocenters. The third-order valence-corrected chi connectivity index (χ3v) is 5.76. The number of hydrogen-bond donors (Lipinski definition) is 0. The summed E-state index contributed by atoms with van der Waals surface area (Å²) in [4.78, 5) is 0. The molecular weight excluding hydrogens is 356 g/mol. The van der Waals surface area contributed by atoms with Crippen molar-refractivity contribution in [1.29, 1.82) is 0 Å². The number of ether oxygens (including phenoxy) is 2. The number of aryl methyl sites for hydroxylation is 1. The molecule has 0 aliphatic carbocycles. The predicted octanol–water partition coefficient (Wildman–Crippen LogP) is 8.04. The molecule has 1 atom stereocenters. The minimum atomic E-state index is 0.328. The van der Waals surface area contributed by atoms with Crippen LogP contribution in [0.15, 0.2) is 36.4 Å². The van der Waals surface area contributed by atoms with E-state index in [1.54, 1.807) is 0 Å². The minimum Gasteiger partial charge on any atom is -0.491 e. The van der Waals surface area contributed by atoms with Gasteiger partial charge in [-0.3, -0.25) is 0 Å². The monoisotopic (exact) mass is 400 g/mol. The predicted molar refractivity (Wildman–Crippen MR) is 125 cm³/mol. The van der Waals surface area contributed by atoms with Gasteiger partial charge < -0.3 is 9.47 Å². The lowest BCUT2D eigenvalue weighted by atomic mass is 10.0. The second-order valence-electron chi connectivity index (χ2n) is 8.56. The molecule has 0 spiro atoms. The molecule has 1 saturated heterocycles. The normalized spacial score (nSPS) is 15.8. The van der Waals surface area contributed by atoms with Crippen LogP contribution in [0.4, 0.5) is 0 Å². The Bertz CT molecular complexity index is 533. The van der Waals surface area contributed by atoms with Gasteiger partial charge in [0.25, 0.3) is 0 Å². The average molecular weight is 401 g/mol. The molecule has 1 fully saturated rings. The van der Waals surface area contributed by atoms with Crippen LogP contribution in [-0.2, 0) is 11.2 Å². The summed E-state index contributed by atoms with van der Waals surface area (Å²) in [7, 11) is 0. The van der Waals surface area contributed by atoms with Crippen LogP contribution in [0.2, 0.25) is 0 Å². The zero-order valence-corrected chi connectivity index (χ0v) is 18.9. The van der Waals surface area contributed by atoms with Crippen LogP contribution in [0.1, 0.15) is 102 Å². The smallest absolute Gasteiger partial charge is 0.122 e. The lowest BCUT2D eigenvalue weighted by Crippen LogP contribution is -2.05. The van der Waals surface area contributed by atoms with E-state index in [-0.39, 0.29) is 0 Å². The summed E-state index contributed by atoms with van der Waals surface area (Å²) in [6.07, 6.45) is 25.3. The Morgan fingerprint density at radius 2 is 1.41 bits per heavy atom. The van der Waals surface area contributed by atoms with Gasteiger partial charge in [0.1, 0.15) is 18.5 Å². The fourth-order valence-corrected chi connectivity index (χ4v) is 3.76. The van der Waals surface area contributed by atoms with E-state index in [1.807, 2.05) is 0 Å². The van der Waals surface area contributed by atoms with Gasteiger partial charge in [0.15, 0.2) is 0 Å². The van der Waals surface area contributed by atoms with Crippen LogP contribution in [0.5, 0.6) is 5.75 Å². The number of epoxide rings is 1. The summed E-state index contributed by atoms with van der Waals surface area (Å²) in [5.41, 5.74) is 1.35. The standard InChI is InChI=1S/C27H44O2/c1-2-3-4-5-6-7-8-9-10-11-12-13-14-15-16-17-20-25-21-18-19-22-27(25)29-24-26-23-28-26/h7-8,18-19,21-22,26H,2-6,9-17,20,23-24H2,1H3/b8-7+. The zero-order valence-electron chi connectivity index (χ0n) is 18.9. The highest BCUT2D eigenvalue weighted by atomic mass is 16.6. The molecule has 2 heteroatoms. The Morgan fingerprint density at radius 1 is 0.828 bits per heavy atom. The topological polar surface area (TPSA) is 21.8 Å². The first-order chi connectivity index (χ1) is 14.4. The van der Waals surface area contributed by atoms with Crippen molar-refractivity contribution in [2.75, 3.05) is 13.2 Å². The second kappa shape index (κ2) is 16.5. The Morgan fingerprint density at radius 3 is 2.07 bits per heavy atom. The molecule has 1 aliphatic heterocycles. The van der Waals surface area contributed by atoms with E-state index < -0.39 is 0 Å². The lowest BCUT2D eigenvalue weighted by Gasteiger charge is -2.10. The highest BCUT2D eigenvalue weighted by Crippen LogP contribution is 2.22. The first-order valence-electron chi connectivity index (χ1n) is 12.4. The molecule has 2 rings (SSSR count). The SMILES string of the molecule is CCCCCC/C=C/CCCCCCCCCCc1ccccc1OCC1CO1. The van der Waals surface area contributed by atoms with Crippen molar-refractivity contribution in [3.8, 4) is 5.75 Å².